The number of imide groups is 1. The van der Waals surface area contributed by atoms with Crippen LogP contribution in [0.2, 0.25) is 5.02 Å². The molecule has 6 heterocycles. The molecule has 0 unspecified atom stereocenters. The van der Waals surface area contributed by atoms with Gasteiger partial charge in [0.25, 0.3) is 17.4 Å². The minimum absolute atomic E-state index is 0.00765. The van der Waals surface area contributed by atoms with Crippen LogP contribution in [0.4, 0.5) is 26.2 Å². The van der Waals surface area contributed by atoms with Crippen molar-refractivity contribution >= 4 is 63.6 Å². The molecule has 4 aromatic rings. The molecule has 0 radical (unpaired) electrons. The number of nitrogens with one attached hydrogen (secondary N) is 3. The van der Waals surface area contributed by atoms with E-state index in [9.17, 15) is 24.0 Å². The van der Waals surface area contributed by atoms with Crippen LogP contribution in [0.25, 0.3) is 10.9 Å². The Balaban J connectivity index is 0.753. The maximum atomic E-state index is 16.0. The van der Waals surface area contributed by atoms with Crippen molar-refractivity contribution in [2.24, 2.45) is 0 Å². The molecular weight excluding hydrogens is 864 g/mol. The van der Waals surface area contributed by atoms with E-state index in [1.54, 1.807) is 16.8 Å². The summed E-state index contributed by atoms with van der Waals surface area (Å²) < 4.78 is 45.3. The fraction of sp³-hybridized carbons (Fsp3) is 0.500. The fourth-order valence-corrected chi connectivity index (χ4v) is 10.1. The lowest BCUT2D eigenvalue weighted by Gasteiger charge is -2.47. The number of rotatable bonds is 12. The molecule has 1 saturated carbocycles. The van der Waals surface area contributed by atoms with Crippen LogP contribution in [0.1, 0.15) is 98.7 Å². The molecule has 16 nitrogen and oxygen atoms in total. The largest absolute Gasteiger partial charge is 0.478 e. The molecule has 4 amide bonds. The van der Waals surface area contributed by atoms with E-state index in [0.29, 0.717) is 60.0 Å². The Hall–Kier alpha value is -5.72. The third-order valence-corrected chi connectivity index (χ3v) is 13.8. The third kappa shape index (κ3) is 8.87. The summed E-state index contributed by atoms with van der Waals surface area (Å²) in [6.07, 6.45) is 6.79. The third-order valence-electron chi connectivity index (χ3n) is 13.5. The van der Waals surface area contributed by atoms with Crippen molar-refractivity contribution in [2.75, 3.05) is 50.1 Å². The summed E-state index contributed by atoms with van der Waals surface area (Å²) in [6.45, 7) is 6.25. The predicted molar refractivity (Wildman–Crippen MR) is 238 cm³/mol. The van der Waals surface area contributed by atoms with E-state index in [-0.39, 0.29) is 84.1 Å². The zero-order chi connectivity index (χ0) is 45.7. The highest BCUT2D eigenvalue weighted by atomic mass is 35.5. The van der Waals surface area contributed by atoms with Gasteiger partial charge < -0.3 is 39.4 Å². The first-order valence-corrected chi connectivity index (χ1v) is 22.8. The number of hydrogen-bond acceptors (Lipinski definition) is 12. The first kappa shape index (κ1) is 44.5. The summed E-state index contributed by atoms with van der Waals surface area (Å²) in [5.74, 6) is -2.59. The molecule has 344 valence electrons. The maximum Gasteiger partial charge on any atom is 0.293 e. The van der Waals surface area contributed by atoms with Gasteiger partial charge in [-0.3, -0.25) is 29.3 Å². The summed E-state index contributed by atoms with van der Waals surface area (Å²) in [7, 11) is 1.50. The standard InChI is InChI=1S/C46H52ClF2N9O7/c1-24(2)58-35-5-4-27(16-26(35)17-37(44(58)62)64-23-39(60)50-3)52-42-33(47)21-51-46(54-42)56-14-10-29(11-15-56)65-30-18-28(19-30)55-12-8-25(9-13-55)31-20-34(48)40-32(41(31)49)22-57(45(40)63)36-6-7-38(59)53-43(36)61/h4-5,16-17,20-21,24-25,28-30,36H,6-15,18-19,22-23H2,1-3H3,(H,50,60)(H,51,52,54)(H,53,59,61)/t28?,30?,36-/m1/s1. The van der Waals surface area contributed by atoms with Gasteiger partial charge >= 0.3 is 0 Å². The molecule has 4 aliphatic heterocycles. The maximum absolute atomic E-state index is 16.0. The lowest BCUT2D eigenvalue weighted by Crippen LogP contribution is -2.52. The molecule has 2 aromatic heterocycles. The van der Waals surface area contributed by atoms with Crippen molar-refractivity contribution in [3.63, 3.8) is 0 Å². The van der Waals surface area contributed by atoms with Gasteiger partial charge in [0.15, 0.2) is 18.2 Å². The summed E-state index contributed by atoms with van der Waals surface area (Å²) in [4.78, 5) is 77.4. The van der Waals surface area contributed by atoms with Gasteiger partial charge in [0, 0.05) is 55.3 Å². The van der Waals surface area contributed by atoms with Gasteiger partial charge in [-0.05, 0) is 114 Å². The smallest absolute Gasteiger partial charge is 0.293 e. The van der Waals surface area contributed by atoms with Crippen LogP contribution in [-0.2, 0) is 25.7 Å². The number of piperidine rings is 3. The molecule has 65 heavy (non-hydrogen) atoms. The molecule has 0 bridgehead atoms. The molecule has 3 saturated heterocycles. The molecule has 1 aliphatic carbocycles. The van der Waals surface area contributed by atoms with Crippen molar-refractivity contribution in [3.8, 4) is 5.75 Å². The average molecular weight is 916 g/mol. The Kier molecular flexibility index (Phi) is 12.5. The number of amides is 4. The molecule has 0 spiro atoms. The van der Waals surface area contributed by atoms with Gasteiger partial charge in [-0.15, -0.1) is 0 Å². The molecule has 3 N–H and O–H groups in total. The Labute approximate surface area is 379 Å². The zero-order valence-corrected chi connectivity index (χ0v) is 37.3. The van der Waals surface area contributed by atoms with Crippen LogP contribution >= 0.6 is 11.6 Å². The van der Waals surface area contributed by atoms with E-state index >= 15 is 8.78 Å². The number of benzene rings is 2. The Bertz CT molecular complexity index is 2610. The number of nitrogens with zero attached hydrogens (tertiary/aromatic N) is 6. The first-order valence-electron chi connectivity index (χ1n) is 22.4. The van der Waals surface area contributed by atoms with Crippen molar-refractivity contribution in [1.29, 1.82) is 0 Å². The fourth-order valence-electron chi connectivity index (χ4n) is 9.95. The summed E-state index contributed by atoms with van der Waals surface area (Å²) >= 11 is 6.58. The van der Waals surface area contributed by atoms with Crippen molar-refractivity contribution in [2.45, 2.75) is 108 Å². The predicted octanol–water partition coefficient (Wildman–Crippen LogP) is 5.33. The number of halogens is 3. The number of likely N-dealkylation sites (N-methyl/N-ethyl adjacent to an activating group) is 1. The minimum atomic E-state index is -0.941. The van der Waals surface area contributed by atoms with E-state index in [1.165, 1.54) is 18.0 Å². The van der Waals surface area contributed by atoms with Gasteiger partial charge in [-0.2, -0.15) is 4.98 Å². The summed E-state index contributed by atoms with van der Waals surface area (Å²) in [5, 5.41) is 9.11. The van der Waals surface area contributed by atoms with Crippen LogP contribution in [0.15, 0.2) is 41.3 Å². The Morgan fingerprint density at radius 2 is 1.74 bits per heavy atom. The van der Waals surface area contributed by atoms with Crippen molar-refractivity contribution in [3.05, 3.63) is 80.2 Å². The second-order valence-electron chi connectivity index (χ2n) is 17.9. The number of carbonyl (C=O) groups is 4. The molecule has 19 heteroatoms. The first-order chi connectivity index (χ1) is 31.3. The summed E-state index contributed by atoms with van der Waals surface area (Å²) in [5.41, 5.74) is 1.04. The number of aromatic nitrogens is 3. The Morgan fingerprint density at radius 3 is 2.45 bits per heavy atom. The lowest BCUT2D eigenvalue weighted by molar-refractivity contribution is -0.137. The van der Waals surface area contributed by atoms with Crippen LogP contribution < -0.4 is 31.1 Å². The monoisotopic (exact) mass is 915 g/mol. The van der Waals surface area contributed by atoms with E-state index in [1.807, 2.05) is 32.0 Å². The van der Waals surface area contributed by atoms with E-state index in [2.05, 4.69) is 30.7 Å². The number of carbonyl (C=O) groups excluding carboxylic acids is 4. The van der Waals surface area contributed by atoms with Gasteiger partial charge in [-0.25, -0.2) is 13.8 Å². The number of fused-ring (bicyclic) bond motifs is 2. The molecule has 5 aliphatic rings. The van der Waals surface area contributed by atoms with Gasteiger partial charge in [0.05, 0.1) is 36.0 Å². The summed E-state index contributed by atoms with van der Waals surface area (Å²) in [6, 6.07) is 7.65. The molecule has 9 rings (SSSR count). The van der Waals surface area contributed by atoms with Crippen molar-refractivity contribution < 1.29 is 37.4 Å². The number of anilines is 3. The van der Waals surface area contributed by atoms with Gasteiger partial charge in [-0.1, -0.05) is 11.6 Å². The van der Waals surface area contributed by atoms with Gasteiger partial charge in [0.2, 0.25) is 17.8 Å². The number of likely N-dealkylation sites (tertiary alicyclic amines) is 1. The van der Waals surface area contributed by atoms with Crippen molar-refractivity contribution in [1.82, 2.24) is 35.0 Å². The van der Waals surface area contributed by atoms with E-state index < -0.39 is 35.4 Å². The topological polar surface area (TPSA) is 180 Å². The van der Waals surface area contributed by atoms with Crippen LogP contribution in [-0.4, -0.2) is 112 Å². The second-order valence-corrected chi connectivity index (χ2v) is 18.3. The average Bonchev–Trinajstić information content (AvgIpc) is 3.63. The van der Waals surface area contributed by atoms with Crippen LogP contribution in [0.5, 0.6) is 5.75 Å². The minimum Gasteiger partial charge on any atom is -0.478 e. The molecule has 2 aromatic carbocycles. The van der Waals surface area contributed by atoms with E-state index in [0.717, 1.165) is 44.2 Å². The Morgan fingerprint density at radius 1 is 0.985 bits per heavy atom. The second kappa shape index (κ2) is 18.3. The molecular formula is C46H52ClF2N9O7. The highest BCUT2D eigenvalue weighted by molar-refractivity contribution is 6.33. The SMILES string of the molecule is CNC(=O)COc1cc2cc(Nc3nc(N4CCC(OC5CC(N6CCC(c7cc(F)c8c(c7F)CN([C@@H]7CCC(=O)NC7=O)C8=O)CC6)C5)CC4)ncc3Cl)ccc2n(C(C)C)c1=O. The molecule has 1 atom stereocenters. The van der Waals surface area contributed by atoms with Crippen LogP contribution in [0, 0.1) is 11.6 Å². The van der Waals surface area contributed by atoms with Crippen LogP contribution in [0.3, 0.4) is 0 Å². The van der Waals surface area contributed by atoms with E-state index in [4.69, 9.17) is 26.1 Å². The number of pyridine rings is 1. The van der Waals surface area contributed by atoms with Gasteiger partial charge in [0.1, 0.15) is 22.7 Å². The quantitative estimate of drug-likeness (QED) is 0.156. The number of hydrogen-bond donors (Lipinski definition) is 3. The normalized spacial score (nSPS) is 22.0. The lowest BCUT2D eigenvalue weighted by atomic mass is 9.82. The highest BCUT2D eigenvalue weighted by Crippen LogP contribution is 2.40. The molecule has 4 fully saturated rings. The number of ether oxygens (including phenoxy) is 2. The zero-order valence-electron chi connectivity index (χ0n) is 36.5. The highest BCUT2D eigenvalue weighted by Gasteiger charge is 2.44.